The van der Waals surface area contributed by atoms with Crippen LogP contribution >= 0.6 is 0 Å². The van der Waals surface area contributed by atoms with E-state index in [0.29, 0.717) is 11.6 Å². The van der Waals surface area contributed by atoms with Crippen LogP contribution in [0.15, 0.2) is 29.1 Å². The van der Waals surface area contributed by atoms with Crippen LogP contribution in [0.3, 0.4) is 0 Å². The Morgan fingerprint density at radius 1 is 1.28 bits per heavy atom. The number of hydrogen-bond donors (Lipinski definition) is 1. The Bertz CT molecular complexity index is 631. The Morgan fingerprint density at radius 2 is 2.00 bits per heavy atom. The Hall–Kier alpha value is -1.82. The van der Waals surface area contributed by atoms with E-state index < -0.39 is 17.3 Å². The van der Waals surface area contributed by atoms with Gasteiger partial charge in [0.2, 0.25) is 5.56 Å². The van der Waals surface area contributed by atoms with Gasteiger partial charge < -0.3 is 9.72 Å². The van der Waals surface area contributed by atoms with E-state index in [9.17, 15) is 18.0 Å². The fourth-order valence-electron chi connectivity index (χ4n) is 1.80. The molecule has 0 unspecified atom stereocenters. The van der Waals surface area contributed by atoms with Crippen molar-refractivity contribution in [3.8, 4) is 0 Å². The minimum atomic E-state index is -4.55. The van der Waals surface area contributed by atoms with E-state index in [1.807, 2.05) is 0 Å². The average molecular weight is 257 g/mol. The smallest absolute Gasteiger partial charge is 0.380 e. The van der Waals surface area contributed by atoms with Crippen LogP contribution in [0.25, 0.3) is 10.9 Å². The van der Waals surface area contributed by atoms with Gasteiger partial charge in [0.25, 0.3) is 0 Å². The zero-order chi connectivity index (χ0) is 13.3. The largest absolute Gasteiger partial charge is 0.417 e. The molecular formula is C12H10F3NO2. The first-order valence-corrected chi connectivity index (χ1v) is 5.14. The van der Waals surface area contributed by atoms with Crippen LogP contribution < -0.4 is 5.56 Å². The van der Waals surface area contributed by atoms with E-state index >= 15 is 0 Å². The van der Waals surface area contributed by atoms with Crippen LogP contribution in [0.1, 0.15) is 11.1 Å². The number of pyridine rings is 1. The van der Waals surface area contributed by atoms with Crippen LogP contribution in [0.5, 0.6) is 0 Å². The number of fused-ring (bicyclic) bond motifs is 1. The molecule has 0 atom stereocenters. The molecule has 6 heteroatoms. The third-order valence-corrected chi connectivity index (χ3v) is 2.52. The molecule has 0 spiro atoms. The van der Waals surface area contributed by atoms with Crippen molar-refractivity contribution in [1.82, 2.24) is 4.98 Å². The highest BCUT2D eigenvalue weighted by atomic mass is 19.4. The van der Waals surface area contributed by atoms with Gasteiger partial charge >= 0.3 is 6.18 Å². The lowest BCUT2D eigenvalue weighted by Gasteiger charge is -2.10. The van der Waals surface area contributed by atoms with E-state index in [1.54, 1.807) is 6.07 Å². The summed E-state index contributed by atoms with van der Waals surface area (Å²) in [6.07, 6.45) is -4.55. The molecule has 0 amide bonds. The summed E-state index contributed by atoms with van der Waals surface area (Å²) in [7, 11) is 1.49. The molecule has 0 fully saturated rings. The topological polar surface area (TPSA) is 42.1 Å². The second kappa shape index (κ2) is 4.45. The Labute approximate surface area is 100 Å². The summed E-state index contributed by atoms with van der Waals surface area (Å²) in [5, 5.41) is -0.0260. The summed E-state index contributed by atoms with van der Waals surface area (Å²) < 4.78 is 43.2. The maximum atomic E-state index is 12.8. The lowest BCUT2D eigenvalue weighted by molar-refractivity contribution is -0.136. The normalized spacial score (nSPS) is 12.0. The van der Waals surface area contributed by atoms with E-state index in [1.165, 1.54) is 19.2 Å². The number of methoxy groups -OCH3 is 1. The average Bonchev–Trinajstić information content (AvgIpc) is 2.26. The molecule has 1 N–H and O–H groups in total. The summed E-state index contributed by atoms with van der Waals surface area (Å²) in [6, 6.07) is 4.93. The Morgan fingerprint density at radius 3 is 2.61 bits per heavy atom. The molecule has 1 aromatic carbocycles. The molecule has 0 bridgehead atoms. The minimum absolute atomic E-state index is 0.0260. The molecule has 0 aliphatic rings. The van der Waals surface area contributed by atoms with Crippen LogP contribution in [-0.2, 0) is 17.5 Å². The van der Waals surface area contributed by atoms with Gasteiger partial charge in [-0.3, -0.25) is 4.79 Å². The van der Waals surface area contributed by atoms with Gasteiger partial charge in [-0.05, 0) is 11.6 Å². The number of H-pyrrole nitrogens is 1. The predicted molar refractivity (Wildman–Crippen MR) is 60.3 cm³/mol. The quantitative estimate of drug-likeness (QED) is 0.898. The van der Waals surface area contributed by atoms with Gasteiger partial charge in [0, 0.05) is 24.1 Å². The highest BCUT2D eigenvalue weighted by Gasteiger charge is 2.33. The van der Waals surface area contributed by atoms with E-state index in [0.717, 1.165) is 0 Å². The van der Waals surface area contributed by atoms with Crippen LogP contribution in [0.4, 0.5) is 13.2 Å². The highest BCUT2D eigenvalue weighted by molar-refractivity contribution is 5.83. The van der Waals surface area contributed by atoms with Crippen molar-refractivity contribution in [2.75, 3.05) is 7.11 Å². The molecular weight excluding hydrogens is 247 g/mol. The fraction of sp³-hybridized carbons (Fsp3) is 0.250. The monoisotopic (exact) mass is 257 g/mol. The molecule has 0 aliphatic carbocycles. The zero-order valence-electron chi connectivity index (χ0n) is 9.47. The van der Waals surface area contributed by atoms with Gasteiger partial charge in [-0.15, -0.1) is 0 Å². The standard InChI is InChI=1S/C12H10F3NO2/c1-18-6-7-2-3-8-9(12(13,14)15)5-11(17)16-10(8)4-7/h2-5H,6H2,1H3,(H,16,17). The van der Waals surface area contributed by atoms with Crippen LogP contribution in [0.2, 0.25) is 0 Å². The fourth-order valence-corrected chi connectivity index (χ4v) is 1.80. The summed E-state index contributed by atoms with van der Waals surface area (Å²) in [5.74, 6) is 0. The lowest BCUT2D eigenvalue weighted by Crippen LogP contribution is -2.14. The van der Waals surface area contributed by atoms with Crippen molar-refractivity contribution in [2.24, 2.45) is 0 Å². The first-order valence-electron chi connectivity index (χ1n) is 5.14. The Balaban J connectivity index is 2.71. The molecule has 0 radical (unpaired) electrons. The molecule has 3 nitrogen and oxygen atoms in total. The number of hydrogen-bond acceptors (Lipinski definition) is 2. The van der Waals surface area contributed by atoms with Crippen molar-refractivity contribution in [2.45, 2.75) is 12.8 Å². The second-order valence-corrected chi connectivity index (χ2v) is 3.86. The Kier molecular flexibility index (Phi) is 3.13. The number of benzene rings is 1. The van der Waals surface area contributed by atoms with Gasteiger partial charge in [0.15, 0.2) is 0 Å². The molecule has 0 saturated carbocycles. The maximum absolute atomic E-state index is 12.8. The van der Waals surface area contributed by atoms with Crippen molar-refractivity contribution in [3.63, 3.8) is 0 Å². The number of nitrogens with one attached hydrogen (secondary N) is 1. The van der Waals surface area contributed by atoms with Crippen LogP contribution in [0, 0.1) is 0 Å². The third kappa shape index (κ3) is 2.38. The van der Waals surface area contributed by atoms with Crippen molar-refractivity contribution in [3.05, 3.63) is 45.7 Å². The van der Waals surface area contributed by atoms with Crippen molar-refractivity contribution < 1.29 is 17.9 Å². The summed E-state index contributed by atoms with van der Waals surface area (Å²) in [6.45, 7) is 0.272. The molecule has 1 aromatic heterocycles. The molecule has 2 rings (SSSR count). The van der Waals surface area contributed by atoms with E-state index in [-0.39, 0.29) is 17.5 Å². The van der Waals surface area contributed by atoms with Crippen LogP contribution in [-0.4, -0.2) is 12.1 Å². The van der Waals surface area contributed by atoms with Gasteiger partial charge in [0.05, 0.1) is 12.2 Å². The SMILES string of the molecule is COCc1ccc2c(C(F)(F)F)cc(=O)[nH]c2c1. The predicted octanol–water partition coefficient (Wildman–Crippen LogP) is 2.69. The number of aromatic nitrogens is 1. The molecule has 1 heterocycles. The minimum Gasteiger partial charge on any atom is -0.380 e. The van der Waals surface area contributed by atoms with Gasteiger partial charge in [-0.2, -0.15) is 13.2 Å². The second-order valence-electron chi connectivity index (χ2n) is 3.86. The van der Waals surface area contributed by atoms with Gasteiger partial charge in [0.1, 0.15) is 0 Å². The number of alkyl halides is 3. The maximum Gasteiger partial charge on any atom is 0.417 e. The summed E-state index contributed by atoms with van der Waals surface area (Å²) in [5.41, 5.74) is -0.848. The lowest BCUT2D eigenvalue weighted by atomic mass is 10.1. The van der Waals surface area contributed by atoms with Gasteiger partial charge in [-0.1, -0.05) is 12.1 Å². The van der Waals surface area contributed by atoms with Crippen molar-refractivity contribution >= 4 is 10.9 Å². The first-order chi connectivity index (χ1) is 8.41. The third-order valence-electron chi connectivity index (χ3n) is 2.52. The first kappa shape index (κ1) is 12.6. The molecule has 0 saturated heterocycles. The zero-order valence-corrected chi connectivity index (χ0v) is 9.47. The molecule has 18 heavy (non-hydrogen) atoms. The number of rotatable bonds is 2. The number of aromatic amines is 1. The van der Waals surface area contributed by atoms with E-state index in [4.69, 9.17) is 4.74 Å². The molecule has 0 aliphatic heterocycles. The van der Waals surface area contributed by atoms with Crippen molar-refractivity contribution in [1.29, 1.82) is 0 Å². The molecule has 96 valence electrons. The van der Waals surface area contributed by atoms with E-state index in [2.05, 4.69) is 4.98 Å². The number of ether oxygens (including phenoxy) is 1. The molecule has 2 aromatic rings. The summed E-state index contributed by atoms with van der Waals surface area (Å²) in [4.78, 5) is 13.6. The summed E-state index contributed by atoms with van der Waals surface area (Å²) >= 11 is 0. The highest BCUT2D eigenvalue weighted by Crippen LogP contribution is 2.33. The number of halogens is 3. The van der Waals surface area contributed by atoms with Gasteiger partial charge in [-0.25, -0.2) is 0 Å².